The zero-order valence-electron chi connectivity index (χ0n) is 20.7. The van der Waals surface area contributed by atoms with Crippen LogP contribution in [0.3, 0.4) is 0 Å². The number of nitrogens with one attached hydrogen (secondary N) is 1. The number of nitrogens with two attached hydrogens (primary N) is 1. The normalized spacial score (nSPS) is 21.2. The van der Waals surface area contributed by atoms with Gasteiger partial charge in [-0.05, 0) is 61.9 Å². The Kier molecular flexibility index (Phi) is 7.41. The first kappa shape index (κ1) is 25.5. The molecule has 3 rings (SSSR count). The summed E-state index contributed by atoms with van der Waals surface area (Å²) in [5.74, 6) is 0. The van der Waals surface area contributed by atoms with Crippen molar-refractivity contribution in [2.45, 2.75) is 88.9 Å². The summed E-state index contributed by atoms with van der Waals surface area (Å²) in [4.78, 5) is 24.3. The first-order valence-electron chi connectivity index (χ1n) is 12.0. The molecule has 1 fully saturated rings. The van der Waals surface area contributed by atoms with Crippen molar-refractivity contribution < 1.29 is 14.3 Å². The van der Waals surface area contributed by atoms with Crippen molar-refractivity contribution in [3.05, 3.63) is 60.7 Å². The summed E-state index contributed by atoms with van der Waals surface area (Å²) in [6.07, 6.45) is 3.81. The molecule has 5 nitrogen and oxygen atoms in total. The van der Waals surface area contributed by atoms with Crippen LogP contribution in [-0.2, 0) is 4.74 Å². The fourth-order valence-corrected chi connectivity index (χ4v) is 8.86. The van der Waals surface area contributed by atoms with Crippen molar-refractivity contribution in [2.75, 3.05) is 0 Å². The predicted octanol–water partition coefficient (Wildman–Crippen LogP) is 4.07. The molecule has 2 aromatic rings. The van der Waals surface area contributed by atoms with Gasteiger partial charge in [0.2, 0.25) is 0 Å². The van der Waals surface area contributed by atoms with Crippen LogP contribution in [-0.4, -0.2) is 36.4 Å². The van der Waals surface area contributed by atoms with E-state index in [-0.39, 0.29) is 22.7 Å². The lowest BCUT2D eigenvalue weighted by Gasteiger charge is -2.46. The second-order valence-corrected chi connectivity index (χ2v) is 15.2. The highest BCUT2D eigenvalue weighted by atomic mass is 28.4. The minimum Gasteiger partial charge on any atom is -0.444 e. The van der Waals surface area contributed by atoms with Crippen molar-refractivity contribution in [3.63, 3.8) is 0 Å². The van der Waals surface area contributed by atoms with Crippen LogP contribution in [0, 0.1) is 0 Å². The highest BCUT2D eigenvalue weighted by Gasteiger charge is 2.50. The van der Waals surface area contributed by atoms with E-state index in [2.05, 4.69) is 43.4 Å². The van der Waals surface area contributed by atoms with Gasteiger partial charge < -0.3 is 20.6 Å². The van der Waals surface area contributed by atoms with Crippen LogP contribution in [0.25, 0.3) is 0 Å². The fourth-order valence-electron chi connectivity index (χ4n) is 5.07. The van der Waals surface area contributed by atoms with Gasteiger partial charge in [-0.1, -0.05) is 80.9 Å². The first-order valence-corrected chi connectivity index (χ1v) is 13.9. The van der Waals surface area contributed by atoms with E-state index in [1.54, 1.807) is 0 Å². The molecular weight excluding hydrogens is 428 g/mol. The van der Waals surface area contributed by atoms with Crippen molar-refractivity contribution in [1.29, 1.82) is 0 Å². The van der Waals surface area contributed by atoms with Gasteiger partial charge in [0, 0.05) is 11.6 Å². The molecule has 180 valence electrons. The number of benzene rings is 2. The summed E-state index contributed by atoms with van der Waals surface area (Å²) in [6, 6.07) is 20.3. The molecule has 1 saturated carbocycles. The van der Waals surface area contributed by atoms with Gasteiger partial charge >= 0.3 is 6.09 Å². The molecule has 2 aromatic carbocycles. The average Bonchev–Trinajstić information content (AvgIpc) is 2.71. The third kappa shape index (κ3) is 6.05. The van der Waals surface area contributed by atoms with Crippen LogP contribution < -0.4 is 21.4 Å². The Balaban J connectivity index is 1.61. The van der Waals surface area contributed by atoms with Gasteiger partial charge in [0.05, 0.1) is 0 Å². The van der Waals surface area contributed by atoms with Crippen LogP contribution in [0.4, 0.5) is 4.79 Å². The Hall–Kier alpha value is -2.15. The molecule has 1 amide bonds. The molecule has 0 bridgehead atoms. The largest absolute Gasteiger partial charge is 0.444 e. The number of hydrogen-bond acceptors (Lipinski definition) is 4. The van der Waals surface area contributed by atoms with E-state index in [0.29, 0.717) is 0 Å². The minimum absolute atomic E-state index is 0.0674. The number of hydrogen-bond donors (Lipinski definition) is 3. The summed E-state index contributed by atoms with van der Waals surface area (Å²) in [7, 11) is -2.99. The minimum atomic E-state index is -2.99. The SMILES string of the molecule is CC(C)(C)OC(=O)NC1CC(N)(CCCC(C)(C)[Si](O)(c2ccccc2)c2ccccc2)C1. The lowest BCUT2D eigenvalue weighted by Crippen LogP contribution is -2.65. The highest BCUT2D eigenvalue weighted by Crippen LogP contribution is 2.42. The fraction of sp³-hybridized carbons (Fsp3) is 0.519. The number of rotatable bonds is 8. The third-order valence-electron chi connectivity index (χ3n) is 6.87. The molecule has 0 aromatic heterocycles. The number of ether oxygens (including phenoxy) is 1. The summed E-state index contributed by atoms with van der Waals surface area (Å²) in [5, 5.41) is 4.73. The number of amides is 1. The maximum atomic E-state index is 12.3. The van der Waals surface area contributed by atoms with Gasteiger partial charge in [-0.25, -0.2) is 4.79 Å². The zero-order valence-corrected chi connectivity index (χ0v) is 21.7. The highest BCUT2D eigenvalue weighted by molar-refractivity contribution is 6.98. The Morgan fingerprint density at radius 3 is 1.97 bits per heavy atom. The smallest absolute Gasteiger partial charge is 0.407 e. The van der Waals surface area contributed by atoms with E-state index in [0.717, 1.165) is 42.5 Å². The lowest BCUT2D eigenvalue weighted by atomic mass is 9.70. The average molecular weight is 469 g/mol. The van der Waals surface area contributed by atoms with E-state index in [1.165, 1.54) is 0 Å². The second-order valence-electron chi connectivity index (χ2n) is 11.3. The molecule has 6 heteroatoms. The summed E-state index contributed by atoms with van der Waals surface area (Å²) >= 11 is 0. The van der Waals surface area contributed by atoms with Gasteiger partial charge in [-0.3, -0.25) is 0 Å². The molecule has 33 heavy (non-hydrogen) atoms. The molecule has 0 heterocycles. The summed E-state index contributed by atoms with van der Waals surface area (Å²) < 4.78 is 5.35. The summed E-state index contributed by atoms with van der Waals surface area (Å²) in [5.41, 5.74) is 5.84. The van der Waals surface area contributed by atoms with Gasteiger partial charge in [-0.15, -0.1) is 0 Å². The van der Waals surface area contributed by atoms with E-state index >= 15 is 0 Å². The second kappa shape index (κ2) is 9.61. The van der Waals surface area contributed by atoms with Crippen LogP contribution in [0.15, 0.2) is 60.7 Å². The van der Waals surface area contributed by atoms with Gasteiger partial charge in [0.1, 0.15) is 5.60 Å². The van der Waals surface area contributed by atoms with Gasteiger partial charge in [0.25, 0.3) is 8.32 Å². The van der Waals surface area contributed by atoms with E-state index < -0.39 is 13.9 Å². The Bertz CT molecular complexity index is 880. The van der Waals surface area contributed by atoms with Crippen molar-refractivity contribution in [2.24, 2.45) is 5.73 Å². The quantitative estimate of drug-likeness (QED) is 0.510. The van der Waals surface area contributed by atoms with Crippen molar-refractivity contribution >= 4 is 24.8 Å². The molecule has 1 aliphatic carbocycles. The molecule has 0 spiro atoms. The molecule has 0 saturated heterocycles. The standard InChI is InChI=1S/C27H40N2O3Si/c1-25(2,3)32-24(30)29-21-19-27(28,20-21)18-12-17-26(4,5)33(31,22-13-8-6-9-14-22)23-15-10-7-11-16-23/h6-11,13-16,21,31H,12,17-20,28H2,1-5H3,(H,29,30). The molecule has 1 aliphatic rings. The van der Waals surface area contributed by atoms with Crippen molar-refractivity contribution in [3.8, 4) is 0 Å². The third-order valence-corrected chi connectivity index (χ3v) is 11.4. The van der Waals surface area contributed by atoms with Crippen molar-refractivity contribution in [1.82, 2.24) is 5.32 Å². The van der Waals surface area contributed by atoms with Crippen LogP contribution in [0.5, 0.6) is 0 Å². The predicted molar refractivity (Wildman–Crippen MR) is 137 cm³/mol. The number of carbonyl (C=O) groups excluding carboxylic acids is 1. The van der Waals surface area contributed by atoms with Crippen LogP contribution >= 0.6 is 0 Å². The van der Waals surface area contributed by atoms with Crippen LogP contribution in [0.1, 0.15) is 66.7 Å². The first-order chi connectivity index (χ1) is 15.3. The molecule has 0 unspecified atom stereocenters. The molecular formula is C27H40N2O3Si. The Morgan fingerprint density at radius 1 is 1.03 bits per heavy atom. The molecule has 0 aliphatic heterocycles. The molecule has 0 radical (unpaired) electrons. The lowest BCUT2D eigenvalue weighted by molar-refractivity contribution is 0.0428. The topological polar surface area (TPSA) is 84.6 Å². The molecule has 0 atom stereocenters. The maximum Gasteiger partial charge on any atom is 0.407 e. The molecule has 4 N–H and O–H groups in total. The Labute approximate surface area is 199 Å². The number of carbonyl (C=O) groups is 1. The van der Waals surface area contributed by atoms with E-state index in [1.807, 2.05) is 57.2 Å². The maximum absolute atomic E-state index is 12.3. The van der Waals surface area contributed by atoms with Gasteiger partial charge in [0.15, 0.2) is 0 Å². The van der Waals surface area contributed by atoms with Crippen LogP contribution in [0.2, 0.25) is 5.04 Å². The van der Waals surface area contributed by atoms with E-state index in [4.69, 9.17) is 10.5 Å². The van der Waals surface area contributed by atoms with E-state index in [9.17, 15) is 9.59 Å². The Morgan fingerprint density at radius 2 is 1.52 bits per heavy atom. The summed E-state index contributed by atoms with van der Waals surface area (Å²) in [6.45, 7) is 9.96. The number of alkyl carbamates (subject to hydrolysis) is 1. The monoisotopic (exact) mass is 468 g/mol. The zero-order chi connectivity index (χ0) is 24.3. The van der Waals surface area contributed by atoms with Gasteiger partial charge in [-0.2, -0.15) is 0 Å².